The van der Waals surface area contributed by atoms with Gasteiger partial charge in [-0.3, -0.25) is 0 Å². The van der Waals surface area contributed by atoms with Crippen LogP contribution in [0.15, 0.2) is 12.7 Å². The molecule has 1 heterocycles. The second-order valence-electron chi connectivity index (χ2n) is 3.22. The Morgan fingerprint density at radius 3 is 2.67 bits per heavy atom. The summed E-state index contributed by atoms with van der Waals surface area (Å²) in [5.41, 5.74) is 0. The van der Waals surface area contributed by atoms with Crippen LogP contribution >= 0.6 is 11.8 Å². The predicted octanol–water partition coefficient (Wildman–Crippen LogP) is 1.76. The van der Waals surface area contributed by atoms with E-state index >= 15 is 0 Å². The van der Waals surface area contributed by atoms with Gasteiger partial charge in [0.15, 0.2) is 6.61 Å². The second kappa shape index (κ2) is 9.96. The van der Waals surface area contributed by atoms with E-state index in [1.807, 2.05) is 20.8 Å². The van der Waals surface area contributed by atoms with Crippen LogP contribution in [0.4, 0.5) is 0 Å². The van der Waals surface area contributed by atoms with E-state index in [1.54, 1.807) is 11.8 Å². The van der Waals surface area contributed by atoms with Gasteiger partial charge in [0.05, 0.1) is 11.9 Å². The number of carbonyl (C=O) groups excluding carboxylic acids is 2. The molecule has 1 fully saturated rings. The van der Waals surface area contributed by atoms with Gasteiger partial charge in [-0.2, -0.15) is 11.8 Å². The third kappa shape index (κ3) is 7.34. The molecule has 0 bridgehead atoms. The van der Waals surface area contributed by atoms with E-state index in [-0.39, 0.29) is 6.10 Å². The Labute approximate surface area is 112 Å². The summed E-state index contributed by atoms with van der Waals surface area (Å²) in [5, 5.41) is 0. The number of rotatable bonds is 4. The molecule has 0 N–H and O–H groups in total. The number of esters is 2. The SMILES string of the molecule is C=CC(=O)OCC(=O)OC1CSCC(C)O1.CC. The van der Waals surface area contributed by atoms with Crippen molar-refractivity contribution in [3.8, 4) is 0 Å². The van der Waals surface area contributed by atoms with Gasteiger partial charge in [-0.25, -0.2) is 9.59 Å². The first-order valence-corrected chi connectivity index (χ1v) is 6.99. The highest BCUT2D eigenvalue weighted by molar-refractivity contribution is 7.99. The maximum atomic E-state index is 11.2. The van der Waals surface area contributed by atoms with Gasteiger partial charge in [0.25, 0.3) is 0 Å². The minimum absolute atomic E-state index is 0.0623. The van der Waals surface area contributed by atoms with Crippen molar-refractivity contribution in [2.75, 3.05) is 18.1 Å². The van der Waals surface area contributed by atoms with Crippen LogP contribution < -0.4 is 0 Å². The molecule has 6 heteroatoms. The maximum absolute atomic E-state index is 11.2. The molecular weight excluding hydrogens is 256 g/mol. The van der Waals surface area contributed by atoms with E-state index in [4.69, 9.17) is 9.47 Å². The lowest BCUT2D eigenvalue weighted by molar-refractivity contribution is -0.187. The maximum Gasteiger partial charge on any atom is 0.346 e. The van der Waals surface area contributed by atoms with E-state index in [0.717, 1.165) is 11.8 Å². The Balaban J connectivity index is 0.00000137. The first-order valence-electron chi connectivity index (χ1n) is 5.83. The molecule has 0 aliphatic carbocycles. The smallest absolute Gasteiger partial charge is 0.346 e. The lowest BCUT2D eigenvalue weighted by atomic mass is 10.4. The lowest BCUT2D eigenvalue weighted by Gasteiger charge is -2.26. The van der Waals surface area contributed by atoms with E-state index < -0.39 is 24.8 Å². The average Bonchev–Trinajstić information content (AvgIpc) is 2.38. The van der Waals surface area contributed by atoms with Crippen molar-refractivity contribution in [2.24, 2.45) is 0 Å². The summed E-state index contributed by atoms with van der Waals surface area (Å²) < 4.78 is 14.9. The quantitative estimate of drug-likeness (QED) is 0.576. The van der Waals surface area contributed by atoms with Crippen LogP contribution in [0, 0.1) is 0 Å². The molecule has 1 rings (SSSR count). The molecular formula is C12H20O5S. The molecule has 1 aliphatic rings. The fourth-order valence-electron chi connectivity index (χ4n) is 1.10. The van der Waals surface area contributed by atoms with Crippen LogP contribution in [0.1, 0.15) is 20.8 Å². The number of hydrogen-bond acceptors (Lipinski definition) is 6. The first-order chi connectivity index (χ1) is 8.61. The zero-order valence-corrected chi connectivity index (χ0v) is 11.8. The lowest BCUT2D eigenvalue weighted by Crippen LogP contribution is -2.34. The van der Waals surface area contributed by atoms with E-state index in [9.17, 15) is 9.59 Å². The van der Waals surface area contributed by atoms with Crippen molar-refractivity contribution in [2.45, 2.75) is 33.2 Å². The zero-order valence-electron chi connectivity index (χ0n) is 11.0. The summed E-state index contributed by atoms with van der Waals surface area (Å²) in [7, 11) is 0. The summed E-state index contributed by atoms with van der Waals surface area (Å²) in [6, 6.07) is 0. The fourth-order valence-corrected chi connectivity index (χ4v) is 1.98. The highest BCUT2D eigenvalue weighted by Crippen LogP contribution is 2.18. The third-order valence-corrected chi connectivity index (χ3v) is 2.97. The van der Waals surface area contributed by atoms with Gasteiger partial charge >= 0.3 is 11.9 Å². The molecule has 0 aromatic heterocycles. The summed E-state index contributed by atoms with van der Waals surface area (Å²) in [6.45, 7) is 8.70. The molecule has 0 amide bonds. The molecule has 0 saturated carbocycles. The molecule has 1 aliphatic heterocycles. The van der Waals surface area contributed by atoms with Gasteiger partial charge in [0.1, 0.15) is 0 Å². The van der Waals surface area contributed by atoms with Crippen molar-refractivity contribution in [1.82, 2.24) is 0 Å². The molecule has 5 nitrogen and oxygen atoms in total. The second-order valence-corrected chi connectivity index (χ2v) is 4.29. The first kappa shape index (κ1) is 17.0. The van der Waals surface area contributed by atoms with E-state index in [2.05, 4.69) is 11.3 Å². The zero-order chi connectivity index (χ0) is 14.0. The number of carbonyl (C=O) groups is 2. The minimum atomic E-state index is -0.649. The van der Waals surface area contributed by atoms with Gasteiger partial charge in [-0.1, -0.05) is 20.4 Å². The van der Waals surface area contributed by atoms with Crippen LogP contribution in [0.3, 0.4) is 0 Å². The Bertz CT molecular complexity index is 280. The molecule has 0 aromatic rings. The van der Waals surface area contributed by atoms with E-state index in [1.165, 1.54) is 0 Å². The predicted molar refractivity (Wildman–Crippen MR) is 70.3 cm³/mol. The molecule has 1 saturated heterocycles. The van der Waals surface area contributed by atoms with Crippen LogP contribution in [0.2, 0.25) is 0 Å². The van der Waals surface area contributed by atoms with Crippen molar-refractivity contribution in [3.63, 3.8) is 0 Å². The average molecular weight is 276 g/mol. The fraction of sp³-hybridized carbons (Fsp3) is 0.667. The monoisotopic (exact) mass is 276 g/mol. The Morgan fingerprint density at radius 2 is 2.11 bits per heavy atom. The van der Waals surface area contributed by atoms with Crippen molar-refractivity contribution in [1.29, 1.82) is 0 Å². The van der Waals surface area contributed by atoms with Gasteiger partial charge in [0.2, 0.25) is 6.29 Å². The topological polar surface area (TPSA) is 61.8 Å². The Kier molecular flexibility index (Phi) is 9.40. The highest BCUT2D eigenvalue weighted by Gasteiger charge is 2.23. The number of hydrogen-bond donors (Lipinski definition) is 0. The van der Waals surface area contributed by atoms with Crippen LogP contribution in [-0.4, -0.2) is 42.4 Å². The highest BCUT2D eigenvalue weighted by atomic mass is 32.2. The van der Waals surface area contributed by atoms with Gasteiger partial charge in [0, 0.05) is 11.8 Å². The molecule has 104 valence electrons. The molecule has 0 radical (unpaired) electrons. The summed E-state index contributed by atoms with van der Waals surface area (Å²) in [4.78, 5) is 21.9. The Hall–Kier alpha value is -1.01. The van der Waals surface area contributed by atoms with Crippen molar-refractivity contribution < 1.29 is 23.8 Å². The van der Waals surface area contributed by atoms with Crippen LogP contribution in [0.25, 0.3) is 0 Å². The van der Waals surface area contributed by atoms with Gasteiger partial charge in [-0.15, -0.1) is 0 Å². The largest absolute Gasteiger partial charge is 0.451 e. The summed E-state index contributed by atoms with van der Waals surface area (Å²) in [5.74, 6) is 0.226. The molecule has 2 unspecified atom stereocenters. The summed E-state index contributed by atoms with van der Waals surface area (Å²) >= 11 is 1.66. The Morgan fingerprint density at radius 1 is 1.44 bits per heavy atom. The van der Waals surface area contributed by atoms with Crippen molar-refractivity contribution in [3.05, 3.63) is 12.7 Å². The van der Waals surface area contributed by atoms with Gasteiger partial charge < -0.3 is 14.2 Å². The molecule has 2 atom stereocenters. The minimum Gasteiger partial charge on any atom is -0.451 e. The van der Waals surface area contributed by atoms with Gasteiger partial charge in [-0.05, 0) is 6.92 Å². The molecule has 18 heavy (non-hydrogen) atoms. The number of thioether (sulfide) groups is 1. The van der Waals surface area contributed by atoms with Crippen LogP contribution in [0.5, 0.6) is 0 Å². The van der Waals surface area contributed by atoms with Crippen LogP contribution in [-0.2, 0) is 23.8 Å². The normalized spacial score (nSPS) is 22.2. The standard InChI is InChI=1S/C10H14O5S.C2H6/c1-3-8(11)13-4-9(12)15-10-6-16-5-7(2)14-10;1-2/h3,7,10H,1,4-6H2,2H3;1-2H3. The van der Waals surface area contributed by atoms with Crippen molar-refractivity contribution >= 4 is 23.7 Å². The molecule has 0 aromatic carbocycles. The number of ether oxygens (including phenoxy) is 3. The molecule has 0 spiro atoms. The summed E-state index contributed by atoms with van der Waals surface area (Å²) in [6.07, 6.45) is 0.499. The van der Waals surface area contributed by atoms with E-state index in [0.29, 0.717) is 5.75 Å². The third-order valence-electron chi connectivity index (χ3n) is 1.75.